The summed E-state index contributed by atoms with van der Waals surface area (Å²) < 4.78 is 27.0. The summed E-state index contributed by atoms with van der Waals surface area (Å²) in [6.07, 6.45) is 1.09. The van der Waals surface area contributed by atoms with Crippen molar-refractivity contribution >= 4 is 44.3 Å². The van der Waals surface area contributed by atoms with E-state index in [1.807, 2.05) is 31.2 Å². The lowest BCUT2D eigenvalue weighted by molar-refractivity contribution is 0.0994. The van der Waals surface area contributed by atoms with Gasteiger partial charge in [0.1, 0.15) is 0 Å². The number of anilines is 1. The highest BCUT2D eigenvalue weighted by atomic mass is 32.2. The van der Waals surface area contributed by atoms with Gasteiger partial charge in [0.2, 0.25) is 10.0 Å². The molecule has 142 valence electrons. The Kier molecular flexibility index (Phi) is 5.57. The van der Waals surface area contributed by atoms with Crippen molar-refractivity contribution in [2.24, 2.45) is 0 Å². The van der Waals surface area contributed by atoms with Crippen molar-refractivity contribution in [1.29, 1.82) is 0 Å². The van der Waals surface area contributed by atoms with Gasteiger partial charge in [0.05, 0.1) is 22.5 Å². The number of carbonyl (C=O) groups is 1. The van der Waals surface area contributed by atoms with Gasteiger partial charge >= 0.3 is 0 Å². The average molecular weight is 404 g/mol. The van der Waals surface area contributed by atoms with Crippen LogP contribution in [0.5, 0.6) is 0 Å². The molecular formula is C19H21N3O3S2. The van der Waals surface area contributed by atoms with Crippen LogP contribution in [0, 0.1) is 0 Å². The summed E-state index contributed by atoms with van der Waals surface area (Å²) in [6, 6.07) is 14.4. The predicted octanol–water partition coefficient (Wildman–Crippen LogP) is 3.79. The number of Topliss-reactive ketones (excluding diaryl/α,β-unsaturated/α-hetero) is 1. The van der Waals surface area contributed by atoms with E-state index in [1.165, 1.54) is 11.8 Å². The summed E-state index contributed by atoms with van der Waals surface area (Å²) in [5, 5.41) is 0.496. The number of benzene rings is 2. The maximum atomic E-state index is 12.8. The van der Waals surface area contributed by atoms with Crippen molar-refractivity contribution in [2.75, 3.05) is 11.0 Å². The molecule has 0 aliphatic carbocycles. The van der Waals surface area contributed by atoms with E-state index in [0.717, 1.165) is 29.0 Å². The van der Waals surface area contributed by atoms with Crippen LogP contribution in [0.25, 0.3) is 11.0 Å². The first-order valence-corrected chi connectivity index (χ1v) is 11.3. The van der Waals surface area contributed by atoms with Gasteiger partial charge in [-0.05, 0) is 50.2 Å². The molecule has 3 aromatic rings. The minimum atomic E-state index is -3.34. The standard InChI is InChI=1S/C19H21N3O3S2/c1-4-22-17-8-6-5-7-16(17)20-19(22)26-13(2)18(23)14-9-11-15(12-10-14)21-27(3,24)25/h5-13,21H,4H2,1-3H3/t13-/m1/s1. The molecule has 8 heteroatoms. The molecule has 0 saturated carbocycles. The molecule has 0 radical (unpaired) electrons. The van der Waals surface area contributed by atoms with Crippen LogP contribution in [0.3, 0.4) is 0 Å². The number of rotatable bonds is 7. The van der Waals surface area contributed by atoms with Crippen LogP contribution in [-0.2, 0) is 16.6 Å². The van der Waals surface area contributed by atoms with Crippen molar-refractivity contribution in [3.05, 3.63) is 54.1 Å². The number of hydrogen-bond donors (Lipinski definition) is 1. The number of ketones is 1. The minimum Gasteiger partial charge on any atom is -0.319 e. The molecule has 0 unspecified atom stereocenters. The number of para-hydroxylation sites is 2. The first-order chi connectivity index (χ1) is 12.8. The van der Waals surface area contributed by atoms with E-state index in [4.69, 9.17) is 0 Å². The third kappa shape index (κ3) is 4.51. The Morgan fingerprint density at radius 2 is 1.85 bits per heavy atom. The van der Waals surface area contributed by atoms with Crippen LogP contribution >= 0.6 is 11.8 Å². The van der Waals surface area contributed by atoms with Crippen molar-refractivity contribution in [1.82, 2.24) is 9.55 Å². The van der Waals surface area contributed by atoms with Gasteiger partial charge in [0, 0.05) is 17.8 Å². The number of nitrogens with zero attached hydrogens (tertiary/aromatic N) is 2. The van der Waals surface area contributed by atoms with Gasteiger partial charge in [-0.15, -0.1) is 0 Å². The molecule has 1 heterocycles. The normalized spacial score (nSPS) is 12.9. The second-order valence-corrected chi connectivity index (χ2v) is 9.26. The Morgan fingerprint density at radius 1 is 1.19 bits per heavy atom. The van der Waals surface area contributed by atoms with Gasteiger partial charge in [0.15, 0.2) is 10.9 Å². The Morgan fingerprint density at radius 3 is 2.48 bits per heavy atom. The number of hydrogen-bond acceptors (Lipinski definition) is 5. The third-order valence-corrected chi connectivity index (χ3v) is 5.76. The van der Waals surface area contributed by atoms with Crippen molar-refractivity contribution < 1.29 is 13.2 Å². The summed E-state index contributed by atoms with van der Waals surface area (Å²) in [4.78, 5) is 17.4. The highest BCUT2D eigenvalue weighted by molar-refractivity contribution is 8.00. The molecular weight excluding hydrogens is 382 g/mol. The maximum Gasteiger partial charge on any atom is 0.229 e. The second kappa shape index (κ2) is 7.74. The van der Waals surface area contributed by atoms with Gasteiger partial charge in [-0.1, -0.05) is 23.9 Å². The molecule has 0 saturated heterocycles. The molecule has 0 spiro atoms. The Balaban J connectivity index is 1.78. The second-order valence-electron chi connectivity index (χ2n) is 6.20. The molecule has 27 heavy (non-hydrogen) atoms. The van der Waals surface area contributed by atoms with Crippen LogP contribution < -0.4 is 4.72 Å². The first-order valence-electron chi connectivity index (χ1n) is 8.52. The lowest BCUT2D eigenvalue weighted by Gasteiger charge is -2.12. The fourth-order valence-corrected chi connectivity index (χ4v) is 4.44. The lowest BCUT2D eigenvalue weighted by Crippen LogP contribution is -2.15. The fraction of sp³-hybridized carbons (Fsp3) is 0.263. The van der Waals surface area contributed by atoms with Gasteiger partial charge < -0.3 is 4.57 Å². The Bertz CT molecular complexity index is 1070. The summed E-state index contributed by atoms with van der Waals surface area (Å²) in [6.45, 7) is 4.68. The average Bonchev–Trinajstić information content (AvgIpc) is 2.97. The predicted molar refractivity (Wildman–Crippen MR) is 110 cm³/mol. The van der Waals surface area contributed by atoms with Crippen LogP contribution in [0.2, 0.25) is 0 Å². The van der Waals surface area contributed by atoms with E-state index < -0.39 is 10.0 Å². The van der Waals surface area contributed by atoms with Crippen LogP contribution in [0.1, 0.15) is 24.2 Å². The molecule has 3 rings (SSSR count). The molecule has 0 aliphatic rings. The maximum absolute atomic E-state index is 12.8. The van der Waals surface area contributed by atoms with Crippen molar-refractivity contribution in [3.63, 3.8) is 0 Å². The number of fused-ring (bicyclic) bond motifs is 1. The molecule has 0 fully saturated rings. The molecule has 0 amide bonds. The Labute approximate surface area is 163 Å². The smallest absolute Gasteiger partial charge is 0.229 e. The number of thioether (sulfide) groups is 1. The topological polar surface area (TPSA) is 81.1 Å². The van der Waals surface area contributed by atoms with Crippen LogP contribution in [0.4, 0.5) is 5.69 Å². The number of imidazole rings is 1. The zero-order chi connectivity index (χ0) is 19.6. The van der Waals surface area contributed by atoms with Gasteiger partial charge in [-0.25, -0.2) is 13.4 Å². The number of sulfonamides is 1. The van der Waals surface area contributed by atoms with Gasteiger partial charge in [0.25, 0.3) is 0 Å². The SMILES string of the molecule is CCn1c(S[C@H](C)C(=O)c2ccc(NS(C)(=O)=O)cc2)nc2ccccc21. The molecule has 1 atom stereocenters. The third-order valence-electron chi connectivity index (χ3n) is 4.06. The highest BCUT2D eigenvalue weighted by Gasteiger charge is 2.20. The lowest BCUT2D eigenvalue weighted by atomic mass is 10.1. The number of nitrogens with one attached hydrogen (secondary N) is 1. The molecule has 2 aromatic carbocycles. The fourth-order valence-electron chi connectivity index (χ4n) is 2.81. The van der Waals surface area contributed by atoms with E-state index in [0.29, 0.717) is 11.3 Å². The van der Waals surface area contributed by atoms with Crippen LogP contribution in [0.15, 0.2) is 53.7 Å². The summed E-state index contributed by atoms with van der Waals surface area (Å²) in [7, 11) is -3.34. The van der Waals surface area contributed by atoms with E-state index in [2.05, 4.69) is 21.2 Å². The van der Waals surface area contributed by atoms with E-state index in [-0.39, 0.29) is 11.0 Å². The molecule has 1 aromatic heterocycles. The number of aromatic nitrogens is 2. The highest BCUT2D eigenvalue weighted by Crippen LogP contribution is 2.29. The summed E-state index contributed by atoms with van der Waals surface area (Å²) in [5.74, 6) is -0.0272. The van der Waals surface area contributed by atoms with Crippen molar-refractivity contribution in [2.45, 2.75) is 30.8 Å². The minimum absolute atomic E-state index is 0.0272. The van der Waals surface area contributed by atoms with Gasteiger partial charge in [-0.3, -0.25) is 9.52 Å². The van der Waals surface area contributed by atoms with Gasteiger partial charge in [-0.2, -0.15) is 0 Å². The molecule has 0 bridgehead atoms. The van der Waals surface area contributed by atoms with E-state index in [9.17, 15) is 13.2 Å². The van der Waals surface area contributed by atoms with Crippen LogP contribution in [-0.4, -0.2) is 35.3 Å². The van der Waals surface area contributed by atoms with Crippen molar-refractivity contribution in [3.8, 4) is 0 Å². The zero-order valence-corrected chi connectivity index (χ0v) is 17.0. The molecule has 0 aliphatic heterocycles. The number of carbonyl (C=O) groups excluding carboxylic acids is 1. The molecule has 1 N–H and O–H groups in total. The Hall–Kier alpha value is -2.32. The number of aryl methyl sites for hydroxylation is 1. The zero-order valence-electron chi connectivity index (χ0n) is 15.3. The summed E-state index contributed by atoms with van der Waals surface area (Å²) >= 11 is 1.43. The van der Waals surface area contributed by atoms with E-state index in [1.54, 1.807) is 24.3 Å². The monoisotopic (exact) mass is 403 g/mol. The summed E-state index contributed by atoms with van der Waals surface area (Å²) in [5.41, 5.74) is 2.94. The first kappa shape index (κ1) is 19.4. The van der Waals surface area contributed by atoms with E-state index >= 15 is 0 Å². The largest absolute Gasteiger partial charge is 0.319 e. The quantitative estimate of drug-likeness (QED) is 0.479. The molecule has 6 nitrogen and oxygen atoms in total.